The second-order valence-electron chi connectivity index (χ2n) is 8.19. The van der Waals surface area contributed by atoms with Crippen LogP contribution in [0, 0.1) is 0 Å². The average molecular weight is 424 g/mol. The molecule has 0 heterocycles. The van der Waals surface area contributed by atoms with Gasteiger partial charge in [-0.05, 0) is 73.1 Å². The van der Waals surface area contributed by atoms with Crippen molar-refractivity contribution in [1.82, 2.24) is 6.15 Å². The maximum Gasteiger partial charge on any atom is -0.00203 e. The van der Waals surface area contributed by atoms with E-state index >= 15 is 0 Å². The Hall–Kier alpha value is -4.20. The van der Waals surface area contributed by atoms with Crippen LogP contribution in [0.3, 0.4) is 0 Å². The highest BCUT2D eigenvalue weighted by Crippen LogP contribution is 2.45. The van der Waals surface area contributed by atoms with E-state index in [9.17, 15) is 0 Å². The summed E-state index contributed by atoms with van der Waals surface area (Å²) in [6.07, 6.45) is 0. The van der Waals surface area contributed by atoms with Crippen molar-refractivity contribution in [3.8, 4) is 33.4 Å². The summed E-state index contributed by atoms with van der Waals surface area (Å²) in [4.78, 5) is 0. The minimum absolute atomic E-state index is 0. The van der Waals surface area contributed by atoms with Crippen LogP contribution in [0.1, 0.15) is 0 Å². The number of hydrogen-bond acceptors (Lipinski definition) is 1. The molecule has 1 heteroatoms. The highest BCUT2D eigenvalue weighted by Gasteiger charge is 2.18. The predicted molar refractivity (Wildman–Crippen MR) is 143 cm³/mol. The Bertz CT molecular complexity index is 1540. The van der Waals surface area contributed by atoms with Crippen LogP contribution in [-0.2, 0) is 0 Å². The summed E-state index contributed by atoms with van der Waals surface area (Å²) in [5, 5.41) is 5.09. The quantitative estimate of drug-likeness (QED) is 0.283. The normalized spacial score (nSPS) is 10.8. The first-order chi connectivity index (χ1) is 15.9. The lowest BCUT2D eigenvalue weighted by Crippen LogP contribution is -1.93. The highest BCUT2D eigenvalue weighted by atomic mass is 14.2. The smallest absolute Gasteiger partial charge is 0.00203 e. The Morgan fingerprint density at radius 2 is 0.788 bits per heavy atom. The monoisotopic (exact) mass is 423 g/mol. The van der Waals surface area contributed by atoms with Crippen molar-refractivity contribution >= 4 is 21.5 Å². The molecule has 0 bridgehead atoms. The van der Waals surface area contributed by atoms with E-state index in [2.05, 4.69) is 133 Å². The van der Waals surface area contributed by atoms with Gasteiger partial charge in [0.2, 0.25) is 0 Å². The van der Waals surface area contributed by atoms with E-state index in [1.54, 1.807) is 0 Å². The first-order valence-corrected chi connectivity index (χ1v) is 11.0. The van der Waals surface area contributed by atoms with Crippen molar-refractivity contribution in [2.45, 2.75) is 0 Å². The zero-order valence-corrected chi connectivity index (χ0v) is 18.4. The van der Waals surface area contributed by atoms with Crippen LogP contribution >= 0.6 is 0 Å². The fourth-order valence-corrected chi connectivity index (χ4v) is 4.75. The number of fused-ring (bicyclic) bond motifs is 2. The second-order valence-corrected chi connectivity index (χ2v) is 8.19. The maximum atomic E-state index is 2.37. The molecule has 0 unspecified atom stereocenters. The molecule has 0 saturated carbocycles. The lowest BCUT2D eigenvalue weighted by atomic mass is 9.83. The van der Waals surface area contributed by atoms with E-state index in [4.69, 9.17) is 0 Å². The van der Waals surface area contributed by atoms with E-state index < -0.39 is 0 Å². The van der Waals surface area contributed by atoms with Crippen molar-refractivity contribution in [1.29, 1.82) is 0 Å². The van der Waals surface area contributed by atoms with Gasteiger partial charge in [0.1, 0.15) is 0 Å². The van der Waals surface area contributed by atoms with Crippen LogP contribution in [0.2, 0.25) is 0 Å². The van der Waals surface area contributed by atoms with Crippen LogP contribution in [0.15, 0.2) is 133 Å². The number of rotatable bonds is 3. The van der Waals surface area contributed by atoms with Gasteiger partial charge < -0.3 is 6.15 Å². The Morgan fingerprint density at radius 3 is 1.36 bits per heavy atom. The predicted octanol–water partition coefficient (Wildman–Crippen LogP) is 9.16. The molecule has 0 radical (unpaired) electrons. The summed E-state index contributed by atoms with van der Waals surface area (Å²) < 4.78 is 0. The molecule has 33 heavy (non-hydrogen) atoms. The average Bonchev–Trinajstić information content (AvgIpc) is 2.88. The van der Waals surface area contributed by atoms with E-state index in [0.29, 0.717) is 0 Å². The zero-order chi connectivity index (χ0) is 21.3. The molecular formula is C32H25N. The van der Waals surface area contributed by atoms with Crippen molar-refractivity contribution < 1.29 is 0 Å². The van der Waals surface area contributed by atoms with E-state index in [1.165, 1.54) is 54.9 Å². The van der Waals surface area contributed by atoms with Gasteiger partial charge in [-0.15, -0.1) is 0 Å². The third kappa shape index (κ3) is 3.69. The van der Waals surface area contributed by atoms with Crippen molar-refractivity contribution in [2.24, 2.45) is 0 Å². The van der Waals surface area contributed by atoms with Crippen LogP contribution < -0.4 is 6.15 Å². The molecule has 0 aliphatic carbocycles. The minimum atomic E-state index is 0. The van der Waals surface area contributed by atoms with Gasteiger partial charge in [-0.1, -0.05) is 115 Å². The maximum absolute atomic E-state index is 2.37. The van der Waals surface area contributed by atoms with Gasteiger partial charge >= 0.3 is 0 Å². The van der Waals surface area contributed by atoms with Gasteiger partial charge in [0.25, 0.3) is 0 Å². The molecule has 0 spiro atoms. The van der Waals surface area contributed by atoms with Crippen molar-refractivity contribution in [3.05, 3.63) is 133 Å². The lowest BCUT2D eigenvalue weighted by molar-refractivity contribution is 1.59. The van der Waals surface area contributed by atoms with Gasteiger partial charge in [0, 0.05) is 0 Å². The molecule has 158 valence electrons. The van der Waals surface area contributed by atoms with E-state index in [-0.39, 0.29) is 6.15 Å². The first-order valence-electron chi connectivity index (χ1n) is 11.0. The third-order valence-electron chi connectivity index (χ3n) is 6.22. The van der Waals surface area contributed by atoms with Crippen LogP contribution in [0.25, 0.3) is 54.9 Å². The Kier molecular flexibility index (Phi) is 5.48. The van der Waals surface area contributed by atoms with Gasteiger partial charge in [-0.3, -0.25) is 0 Å². The summed E-state index contributed by atoms with van der Waals surface area (Å²) in [5.74, 6) is 0. The molecule has 0 amide bonds. The van der Waals surface area contributed by atoms with Gasteiger partial charge in [-0.25, -0.2) is 0 Å². The number of hydrogen-bond donors (Lipinski definition) is 1. The summed E-state index contributed by atoms with van der Waals surface area (Å²) in [6, 6.07) is 48.0. The highest BCUT2D eigenvalue weighted by molar-refractivity contribution is 6.13. The SMILES string of the molecule is N.c1ccc(-c2cc3cc4ccccc4cc3c(-c3ccccc3)c2-c2ccccc2)cc1. The standard InChI is InChI=1S/C32H22.H3N/c1-4-12-23(13-5-1)29-22-28-20-26-18-10-11-19-27(26)21-30(28)32(25-16-8-3-9-17-25)31(29)24-14-6-2-7-15-24;/h1-22H;1H3. The van der Waals surface area contributed by atoms with Crippen LogP contribution in [0.5, 0.6) is 0 Å². The molecule has 6 rings (SSSR count). The molecule has 0 aliphatic heterocycles. The summed E-state index contributed by atoms with van der Waals surface area (Å²) in [6.45, 7) is 0. The molecule has 1 nitrogen and oxygen atoms in total. The molecule has 0 aliphatic rings. The molecule has 3 N–H and O–H groups in total. The Labute approximate surface area is 194 Å². The van der Waals surface area contributed by atoms with Crippen LogP contribution in [0.4, 0.5) is 0 Å². The third-order valence-corrected chi connectivity index (χ3v) is 6.22. The molecule has 0 fully saturated rings. The van der Waals surface area contributed by atoms with E-state index in [1.807, 2.05) is 0 Å². The molecule has 6 aromatic rings. The van der Waals surface area contributed by atoms with Crippen molar-refractivity contribution in [2.75, 3.05) is 0 Å². The second kappa shape index (κ2) is 8.74. The summed E-state index contributed by atoms with van der Waals surface area (Å²) >= 11 is 0. The van der Waals surface area contributed by atoms with Crippen molar-refractivity contribution in [3.63, 3.8) is 0 Å². The Balaban J connectivity index is 0.00000228. The fraction of sp³-hybridized carbons (Fsp3) is 0. The van der Waals surface area contributed by atoms with Gasteiger partial charge in [-0.2, -0.15) is 0 Å². The largest absolute Gasteiger partial charge is 0.344 e. The molecule has 0 saturated heterocycles. The molecular weight excluding hydrogens is 398 g/mol. The van der Waals surface area contributed by atoms with Gasteiger partial charge in [0.15, 0.2) is 0 Å². The number of benzene rings is 6. The van der Waals surface area contributed by atoms with E-state index in [0.717, 1.165) is 0 Å². The Morgan fingerprint density at radius 1 is 0.333 bits per heavy atom. The zero-order valence-electron chi connectivity index (χ0n) is 18.4. The molecule has 0 aromatic heterocycles. The first kappa shape index (κ1) is 20.7. The van der Waals surface area contributed by atoms with Gasteiger partial charge in [0.05, 0.1) is 0 Å². The molecule has 0 atom stereocenters. The summed E-state index contributed by atoms with van der Waals surface area (Å²) in [7, 11) is 0. The fourth-order valence-electron chi connectivity index (χ4n) is 4.75. The van der Waals surface area contributed by atoms with Crippen LogP contribution in [-0.4, -0.2) is 0 Å². The minimum Gasteiger partial charge on any atom is -0.344 e. The topological polar surface area (TPSA) is 35.0 Å². The molecule has 6 aromatic carbocycles. The lowest BCUT2D eigenvalue weighted by Gasteiger charge is -2.20. The summed E-state index contributed by atoms with van der Waals surface area (Å²) in [5.41, 5.74) is 7.55.